The Hall–Kier alpha value is -1.46. The van der Waals surface area contributed by atoms with Gasteiger partial charge in [-0.2, -0.15) is 0 Å². The summed E-state index contributed by atoms with van der Waals surface area (Å²) in [6, 6.07) is 0. The first-order chi connectivity index (χ1) is 13.9. The first-order valence-electron chi connectivity index (χ1n) is 11.4. The predicted molar refractivity (Wildman–Crippen MR) is 109 cm³/mol. The molecule has 160 valence electrons. The number of aliphatic hydroxyl groups excluding tert-OH is 2. The molecular formula is C24H34O5. The molecule has 0 aromatic carbocycles. The second kappa shape index (κ2) is 8.35. The van der Waals surface area contributed by atoms with E-state index < -0.39 is 12.0 Å². The van der Waals surface area contributed by atoms with Crippen LogP contribution in [-0.4, -0.2) is 40.3 Å². The van der Waals surface area contributed by atoms with Gasteiger partial charge in [-0.3, -0.25) is 9.59 Å². The summed E-state index contributed by atoms with van der Waals surface area (Å²) in [6.07, 6.45) is 9.87. The molecule has 5 heteroatoms. The summed E-state index contributed by atoms with van der Waals surface area (Å²) >= 11 is 0. The van der Waals surface area contributed by atoms with Crippen LogP contribution in [0.1, 0.15) is 58.8 Å². The summed E-state index contributed by atoms with van der Waals surface area (Å²) < 4.78 is 5.74. The van der Waals surface area contributed by atoms with Crippen LogP contribution in [0.3, 0.4) is 0 Å². The van der Waals surface area contributed by atoms with Crippen LogP contribution in [0.15, 0.2) is 23.8 Å². The second-order valence-electron chi connectivity index (χ2n) is 9.60. The molecule has 1 aliphatic heterocycles. The van der Waals surface area contributed by atoms with Crippen LogP contribution < -0.4 is 0 Å². The molecule has 2 N–H and O–H groups in total. The fourth-order valence-electron chi connectivity index (χ4n) is 6.11. The SMILES string of the molecule is CCC1CCCC(O)C(C)C(=O)C2=CC3C(C=CC4CC(O)CC43)C2CC(=O)O1. The minimum Gasteiger partial charge on any atom is -0.462 e. The number of rotatable bonds is 1. The average molecular weight is 403 g/mol. The van der Waals surface area contributed by atoms with Gasteiger partial charge >= 0.3 is 5.97 Å². The third-order valence-corrected chi connectivity index (χ3v) is 7.84. The molecule has 9 atom stereocenters. The van der Waals surface area contributed by atoms with Crippen molar-refractivity contribution in [2.24, 2.45) is 35.5 Å². The topological polar surface area (TPSA) is 83.8 Å². The van der Waals surface area contributed by atoms with Gasteiger partial charge in [0.15, 0.2) is 5.78 Å². The van der Waals surface area contributed by atoms with Gasteiger partial charge in [0.1, 0.15) is 6.10 Å². The summed E-state index contributed by atoms with van der Waals surface area (Å²) in [5.41, 5.74) is 0.698. The first-order valence-corrected chi connectivity index (χ1v) is 11.4. The van der Waals surface area contributed by atoms with Gasteiger partial charge < -0.3 is 14.9 Å². The maximum absolute atomic E-state index is 13.3. The Morgan fingerprint density at radius 1 is 1.10 bits per heavy atom. The summed E-state index contributed by atoms with van der Waals surface area (Å²) in [7, 11) is 0. The molecule has 0 aromatic rings. The van der Waals surface area contributed by atoms with E-state index in [2.05, 4.69) is 18.2 Å². The molecule has 2 fully saturated rings. The van der Waals surface area contributed by atoms with Crippen molar-refractivity contribution in [3.63, 3.8) is 0 Å². The van der Waals surface area contributed by atoms with Gasteiger partial charge in [0, 0.05) is 11.8 Å². The highest BCUT2D eigenvalue weighted by Crippen LogP contribution is 2.53. The fourth-order valence-corrected chi connectivity index (χ4v) is 6.11. The van der Waals surface area contributed by atoms with Crippen molar-refractivity contribution in [2.75, 3.05) is 0 Å². The van der Waals surface area contributed by atoms with Crippen LogP contribution in [0.4, 0.5) is 0 Å². The molecule has 29 heavy (non-hydrogen) atoms. The minimum absolute atomic E-state index is 0.0270. The smallest absolute Gasteiger partial charge is 0.306 e. The molecule has 5 nitrogen and oxygen atoms in total. The third-order valence-electron chi connectivity index (χ3n) is 7.84. The number of ketones is 1. The molecular weight excluding hydrogens is 368 g/mol. The van der Waals surface area contributed by atoms with Crippen LogP contribution in [0.5, 0.6) is 0 Å². The Labute approximate surface area is 173 Å². The number of allylic oxidation sites excluding steroid dienone is 4. The van der Waals surface area contributed by atoms with Crippen molar-refractivity contribution in [1.82, 2.24) is 0 Å². The summed E-state index contributed by atoms with van der Waals surface area (Å²) in [6.45, 7) is 3.82. The van der Waals surface area contributed by atoms with Gasteiger partial charge in [0.2, 0.25) is 0 Å². The molecule has 3 aliphatic carbocycles. The van der Waals surface area contributed by atoms with Gasteiger partial charge in [0.25, 0.3) is 0 Å². The monoisotopic (exact) mass is 402 g/mol. The van der Waals surface area contributed by atoms with Gasteiger partial charge in [-0.15, -0.1) is 0 Å². The Morgan fingerprint density at radius 2 is 1.90 bits per heavy atom. The lowest BCUT2D eigenvalue weighted by atomic mass is 9.70. The first kappa shape index (κ1) is 20.8. The zero-order valence-corrected chi connectivity index (χ0v) is 17.5. The molecule has 1 heterocycles. The van der Waals surface area contributed by atoms with Gasteiger partial charge in [-0.05, 0) is 67.8 Å². The van der Waals surface area contributed by atoms with Gasteiger partial charge in [-0.1, -0.05) is 32.1 Å². The number of cyclic esters (lactones) is 1. The van der Waals surface area contributed by atoms with Crippen molar-refractivity contribution < 1.29 is 24.5 Å². The van der Waals surface area contributed by atoms with E-state index in [0.29, 0.717) is 23.8 Å². The van der Waals surface area contributed by atoms with E-state index in [9.17, 15) is 19.8 Å². The number of aliphatic hydroxyl groups is 2. The lowest BCUT2D eigenvalue weighted by molar-refractivity contribution is -0.151. The Kier molecular flexibility index (Phi) is 5.99. The molecule has 0 aromatic heterocycles. The van der Waals surface area contributed by atoms with Crippen molar-refractivity contribution in [1.29, 1.82) is 0 Å². The Bertz CT molecular complexity index is 710. The van der Waals surface area contributed by atoms with Gasteiger partial charge in [0.05, 0.1) is 18.6 Å². The highest BCUT2D eigenvalue weighted by molar-refractivity contribution is 5.99. The summed E-state index contributed by atoms with van der Waals surface area (Å²) in [5.74, 6) is 0.0330. The van der Waals surface area contributed by atoms with Crippen LogP contribution in [-0.2, 0) is 14.3 Å². The fraction of sp³-hybridized carbons (Fsp3) is 0.750. The number of esters is 1. The summed E-state index contributed by atoms with van der Waals surface area (Å²) in [5, 5.41) is 20.8. The Balaban J connectivity index is 1.65. The number of Topliss-reactive ketones (excluding diaryl/α,β-unsaturated/α-hetero) is 1. The van der Waals surface area contributed by atoms with E-state index in [1.54, 1.807) is 0 Å². The molecule has 0 bridgehead atoms. The van der Waals surface area contributed by atoms with E-state index >= 15 is 0 Å². The van der Waals surface area contributed by atoms with Crippen molar-refractivity contribution in [3.05, 3.63) is 23.8 Å². The maximum atomic E-state index is 13.3. The molecule has 1 saturated heterocycles. The maximum Gasteiger partial charge on any atom is 0.306 e. The van der Waals surface area contributed by atoms with Gasteiger partial charge in [-0.25, -0.2) is 0 Å². The van der Waals surface area contributed by atoms with E-state index in [0.717, 1.165) is 32.1 Å². The van der Waals surface area contributed by atoms with Crippen LogP contribution in [0.2, 0.25) is 0 Å². The quantitative estimate of drug-likeness (QED) is 0.520. The van der Waals surface area contributed by atoms with Crippen LogP contribution >= 0.6 is 0 Å². The molecule has 1 saturated carbocycles. The number of hydrogen-bond acceptors (Lipinski definition) is 5. The standard InChI is InChI=1S/C24H34O5/c1-3-16-5-4-6-22(26)13(2)24(28)21-11-19-17(20(21)12-23(27)29-16)8-7-14-9-15(25)10-18(14)19/h7-8,11,13-20,22,25-26H,3-6,9-10,12H2,1-2H3. The lowest BCUT2D eigenvalue weighted by Gasteiger charge is -2.34. The number of ether oxygens (including phenoxy) is 1. The molecule has 9 unspecified atom stereocenters. The molecule has 4 aliphatic rings. The molecule has 4 rings (SSSR count). The summed E-state index contributed by atoms with van der Waals surface area (Å²) in [4.78, 5) is 26.1. The van der Waals surface area contributed by atoms with Crippen molar-refractivity contribution in [3.8, 4) is 0 Å². The number of carbonyl (C=O) groups is 2. The highest BCUT2D eigenvalue weighted by Gasteiger charge is 2.49. The number of carbonyl (C=O) groups excluding carboxylic acids is 2. The van der Waals surface area contributed by atoms with Crippen LogP contribution in [0, 0.1) is 35.5 Å². The molecule has 0 spiro atoms. The zero-order chi connectivity index (χ0) is 20.7. The molecule has 0 radical (unpaired) electrons. The number of hydrogen-bond donors (Lipinski definition) is 2. The zero-order valence-electron chi connectivity index (χ0n) is 17.5. The van der Waals surface area contributed by atoms with E-state index in [1.165, 1.54) is 0 Å². The average Bonchev–Trinajstić information content (AvgIpc) is 3.24. The predicted octanol–water partition coefficient (Wildman–Crippen LogP) is 3.19. The minimum atomic E-state index is -0.670. The van der Waals surface area contributed by atoms with Crippen molar-refractivity contribution >= 4 is 11.8 Å². The molecule has 0 amide bonds. The van der Waals surface area contributed by atoms with Crippen LogP contribution in [0.25, 0.3) is 0 Å². The van der Waals surface area contributed by atoms with E-state index in [4.69, 9.17) is 4.74 Å². The second-order valence-corrected chi connectivity index (χ2v) is 9.60. The number of fused-ring (bicyclic) bond motifs is 5. The lowest BCUT2D eigenvalue weighted by Crippen LogP contribution is -2.33. The van der Waals surface area contributed by atoms with Crippen molar-refractivity contribution in [2.45, 2.75) is 77.1 Å². The highest BCUT2D eigenvalue weighted by atomic mass is 16.5. The van der Waals surface area contributed by atoms with E-state index in [1.807, 2.05) is 13.8 Å². The normalized spacial score (nSPS) is 45.4. The third kappa shape index (κ3) is 3.96. The van der Waals surface area contributed by atoms with E-state index in [-0.39, 0.29) is 48.1 Å². The Morgan fingerprint density at radius 3 is 2.66 bits per heavy atom. The largest absolute Gasteiger partial charge is 0.462 e.